The molecule has 0 radical (unpaired) electrons. The molecule has 2 aliphatic carbocycles. The van der Waals surface area contributed by atoms with Gasteiger partial charge in [-0.25, -0.2) is 0 Å². The summed E-state index contributed by atoms with van der Waals surface area (Å²) in [5.74, 6) is 9.14. The number of hydrogen-bond donors (Lipinski definition) is 0. The van der Waals surface area contributed by atoms with E-state index in [4.69, 9.17) is 18.3 Å². The van der Waals surface area contributed by atoms with Crippen molar-refractivity contribution in [1.29, 1.82) is 0 Å². The quantitative estimate of drug-likeness (QED) is 0.208. The summed E-state index contributed by atoms with van der Waals surface area (Å²) in [6, 6.07) is 15.1. The Hall–Kier alpha value is -2.96. The van der Waals surface area contributed by atoms with Crippen LogP contribution < -0.4 is 9.47 Å². The highest BCUT2D eigenvalue weighted by Gasteiger charge is 2.58. The molecule has 6 nitrogen and oxygen atoms in total. The van der Waals surface area contributed by atoms with Gasteiger partial charge in [-0.15, -0.1) is 0 Å². The standard InChI is InChI=1S/C42H52N2O4/c1-6-24-13-23-14-35-39(24)44(20-23)26(17-34-32-19-28(46-5)9-11-38(32)48-42(34)35)16-30-25-15-36-40(29(30)7-2)43(21-25)22(3)12-33-31-18-27(45-4)8-10-37(31)47-41(33)36/h8-11,18-19,22-26,29-30,35-36,39-40H,6-7,12-17,20-21H2,1-5H3/t22-,23?,24?,25?,26+,29?,30?,35?,36?,39?,40?/m0/s1. The Balaban J connectivity index is 1.03. The Bertz CT molecular complexity index is 1870. The number of furan rings is 2. The molecule has 8 aliphatic rings. The third-order valence-corrected chi connectivity index (χ3v) is 14.6. The number of ether oxygens (including phenoxy) is 2. The molecule has 0 amide bonds. The van der Waals surface area contributed by atoms with Crippen LogP contribution in [0.1, 0.15) is 93.8 Å². The molecule has 2 aromatic carbocycles. The number of nitrogens with zero attached hydrogens (tertiary/aromatic N) is 2. The molecule has 2 saturated carbocycles. The fourth-order valence-corrected chi connectivity index (χ4v) is 12.8. The molecular weight excluding hydrogens is 596 g/mol. The Morgan fingerprint density at radius 2 is 1.40 bits per heavy atom. The SMILES string of the molecule is CCC1CC2CC3c4oc5ccc(OC)cc5c4C[C@@H](CC4C5CC6c7oc8ccc(OC)cc8c7C[C@H](C)N(C5)C6C4CC)N(C2)C13. The molecule has 6 aliphatic heterocycles. The van der Waals surface area contributed by atoms with Crippen LogP contribution in [0.5, 0.6) is 11.5 Å². The largest absolute Gasteiger partial charge is 0.497 e. The molecule has 2 aromatic heterocycles. The second-order valence-electron chi connectivity index (χ2n) is 16.6. The highest BCUT2D eigenvalue weighted by Crippen LogP contribution is 2.59. The summed E-state index contributed by atoms with van der Waals surface area (Å²) in [6.45, 7) is 9.92. The first-order valence-corrected chi connectivity index (χ1v) is 19.2. The van der Waals surface area contributed by atoms with Crippen LogP contribution in [0.15, 0.2) is 45.2 Å². The van der Waals surface area contributed by atoms with Gasteiger partial charge in [-0.1, -0.05) is 26.7 Å². The van der Waals surface area contributed by atoms with Crippen molar-refractivity contribution in [3.05, 3.63) is 59.0 Å². The number of benzene rings is 2. The lowest BCUT2D eigenvalue weighted by Gasteiger charge is -2.60. The van der Waals surface area contributed by atoms with Gasteiger partial charge in [-0.2, -0.15) is 0 Å². The van der Waals surface area contributed by atoms with Gasteiger partial charge < -0.3 is 18.3 Å². The molecule has 0 spiro atoms. The molecule has 4 saturated heterocycles. The van der Waals surface area contributed by atoms with Crippen molar-refractivity contribution in [2.75, 3.05) is 27.3 Å². The van der Waals surface area contributed by atoms with Crippen molar-refractivity contribution in [3.8, 4) is 11.5 Å². The first-order valence-electron chi connectivity index (χ1n) is 19.2. The van der Waals surface area contributed by atoms with Crippen LogP contribution in [0.3, 0.4) is 0 Å². The van der Waals surface area contributed by atoms with E-state index in [2.05, 4.69) is 67.0 Å². The minimum atomic E-state index is 0.481. The predicted octanol–water partition coefficient (Wildman–Crippen LogP) is 8.79. The van der Waals surface area contributed by atoms with Crippen LogP contribution in [0, 0.1) is 29.6 Å². The normalized spacial score (nSPS) is 39.2. The summed E-state index contributed by atoms with van der Waals surface area (Å²) in [7, 11) is 3.56. The first kappa shape index (κ1) is 29.9. The highest BCUT2D eigenvalue weighted by atomic mass is 16.5. The number of rotatable bonds is 6. The van der Waals surface area contributed by atoms with E-state index in [9.17, 15) is 0 Å². The topological polar surface area (TPSA) is 51.2 Å². The van der Waals surface area contributed by atoms with E-state index in [0.29, 0.717) is 47.8 Å². The van der Waals surface area contributed by atoms with E-state index in [-0.39, 0.29) is 0 Å². The molecule has 12 rings (SSSR count). The summed E-state index contributed by atoms with van der Waals surface area (Å²) < 4.78 is 25.1. The molecule has 8 heterocycles. The van der Waals surface area contributed by atoms with Crippen LogP contribution in [-0.4, -0.2) is 61.3 Å². The maximum Gasteiger partial charge on any atom is 0.134 e. The van der Waals surface area contributed by atoms with Crippen molar-refractivity contribution >= 4 is 21.9 Å². The number of methoxy groups -OCH3 is 2. The van der Waals surface area contributed by atoms with E-state index in [1.807, 2.05) is 0 Å². The van der Waals surface area contributed by atoms with Gasteiger partial charge in [0.15, 0.2) is 0 Å². The summed E-state index contributed by atoms with van der Waals surface area (Å²) >= 11 is 0. The second-order valence-corrected chi connectivity index (χ2v) is 16.6. The molecule has 11 unspecified atom stereocenters. The zero-order chi connectivity index (χ0) is 32.4. The summed E-state index contributed by atoms with van der Waals surface area (Å²) in [5, 5.41) is 2.56. The van der Waals surface area contributed by atoms with Crippen molar-refractivity contribution < 1.29 is 18.3 Å². The second kappa shape index (κ2) is 11.0. The smallest absolute Gasteiger partial charge is 0.134 e. The predicted molar refractivity (Wildman–Crippen MR) is 189 cm³/mol. The maximum atomic E-state index is 6.87. The molecular formula is C42H52N2O4. The van der Waals surface area contributed by atoms with Crippen LogP contribution in [0.4, 0.5) is 0 Å². The highest BCUT2D eigenvalue weighted by molar-refractivity contribution is 5.85. The van der Waals surface area contributed by atoms with Gasteiger partial charge in [0.1, 0.15) is 34.2 Å². The van der Waals surface area contributed by atoms with Crippen molar-refractivity contribution in [2.45, 2.75) is 108 Å². The summed E-state index contributed by atoms with van der Waals surface area (Å²) in [6.07, 6.45) is 9.94. The summed E-state index contributed by atoms with van der Waals surface area (Å²) in [5.41, 5.74) is 5.02. The third-order valence-electron chi connectivity index (χ3n) is 14.6. The zero-order valence-corrected chi connectivity index (χ0v) is 29.4. The van der Waals surface area contributed by atoms with Gasteiger partial charge in [0.25, 0.3) is 0 Å². The molecule has 8 bridgehead atoms. The van der Waals surface area contributed by atoms with Gasteiger partial charge in [-0.05, 0) is 111 Å². The Labute approximate surface area is 285 Å². The molecule has 4 aromatic rings. The zero-order valence-electron chi connectivity index (χ0n) is 29.4. The Morgan fingerprint density at radius 1 is 0.729 bits per heavy atom. The fourth-order valence-electron chi connectivity index (χ4n) is 12.8. The van der Waals surface area contributed by atoms with Gasteiger partial charge in [0, 0.05) is 71.0 Å². The lowest BCUT2D eigenvalue weighted by Crippen LogP contribution is -2.64. The molecule has 13 atom stereocenters. The van der Waals surface area contributed by atoms with Crippen molar-refractivity contribution in [1.82, 2.24) is 9.80 Å². The van der Waals surface area contributed by atoms with E-state index < -0.39 is 0 Å². The van der Waals surface area contributed by atoms with Gasteiger partial charge in [0.2, 0.25) is 0 Å². The average molecular weight is 649 g/mol. The van der Waals surface area contributed by atoms with Crippen LogP contribution in [-0.2, 0) is 12.8 Å². The van der Waals surface area contributed by atoms with Gasteiger partial charge >= 0.3 is 0 Å². The number of piperidine rings is 4. The average Bonchev–Trinajstić information content (AvgIpc) is 3.63. The van der Waals surface area contributed by atoms with E-state index >= 15 is 0 Å². The van der Waals surface area contributed by atoms with Crippen LogP contribution in [0.25, 0.3) is 21.9 Å². The first-order chi connectivity index (χ1) is 23.5. The minimum Gasteiger partial charge on any atom is -0.497 e. The third kappa shape index (κ3) is 4.17. The maximum absolute atomic E-state index is 6.87. The van der Waals surface area contributed by atoms with E-state index in [1.165, 1.54) is 85.0 Å². The lowest BCUT2D eigenvalue weighted by atomic mass is 9.57. The summed E-state index contributed by atoms with van der Waals surface area (Å²) in [4.78, 5) is 5.98. The Morgan fingerprint density at radius 3 is 2.04 bits per heavy atom. The lowest BCUT2D eigenvalue weighted by molar-refractivity contribution is -0.100. The van der Waals surface area contributed by atoms with E-state index in [0.717, 1.165) is 53.3 Å². The van der Waals surface area contributed by atoms with Crippen LogP contribution in [0.2, 0.25) is 0 Å². The molecule has 48 heavy (non-hydrogen) atoms. The molecule has 6 heteroatoms. The fraction of sp³-hybridized carbons (Fsp3) is 0.619. The van der Waals surface area contributed by atoms with Gasteiger partial charge in [0.05, 0.1) is 14.2 Å². The minimum absolute atomic E-state index is 0.481. The number of fused-ring (bicyclic) bond motifs is 8. The number of hydrogen-bond acceptors (Lipinski definition) is 6. The Kier molecular flexibility index (Phi) is 6.87. The van der Waals surface area contributed by atoms with E-state index in [1.54, 1.807) is 14.2 Å². The monoisotopic (exact) mass is 648 g/mol. The van der Waals surface area contributed by atoms with Crippen molar-refractivity contribution in [3.63, 3.8) is 0 Å². The van der Waals surface area contributed by atoms with Crippen molar-refractivity contribution in [2.24, 2.45) is 29.6 Å². The molecule has 0 N–H and O–H groups in total. The molecule has 6 fully saturated rings. The molecule has 254 valence electrons. The van der Waals surface area contributed by atoms with Crippen LogP contribution >= 0.6 is 0 Å². The van der Waals surface area contributed by atoms with Gasteiger partial charge in [-0.3, -0.25) is 9.80 Å².